The van der Waals surface area contributed by atoms with Crippen LogP contribution in [0.5, 0.6) is 28.7 Å². The molecular formula is C24H20O8. The molecule has 8 heteroatoms. The Kier molecular flexibility index (Phi) is 5.15. The van der Waals surface area contributed by atoms with Gasteiger partial charge in [0.1, 0.15) is 17.1 Å². The van der Waals surface area contributed by atoms with E-state index in [0.29, 0.717) is 16.7 Å². The van der Waals surface area contributed by atoms with Crippen LogP contribution < -0.4 is 10.4 Å². The Bertz CT molecular complexity index is 1320. The molecule has 2 heterocycles. The Labute approximate surface area is 182 Å². The first-order valence-electron chi connectivity index (χ1n) is 9.57. The summed E-state index contributed by atoms with van der Waals surface area (Å²) in [6.07, 6.45) is 4.74. The fraction of sp³-hybridized carbons (Fsp3) is 0.125. The number of hydrogen-bond donors (Lipinski definition) is 4. The maximum Gasteiger partial charge on any atom is 0.347 e. The highest BCUT2D eigenvalue weighted by atomic mass is 16.7. The molecular weight excluding hydrogens is 416 g/mol. The summed E-state index contributed by atoms with van der Waals surface area (Å²) in [7, 11) is 1.44. The van der Waals surface area contributed by atoms with Gasteiger partial charge in [-0.3, -0.25) is 0 Å². The lowest BCUT2D eigenvalue weighted by molar-refractivity contribution is -0.0912. The lowest BCUT2D eigenvalue weighted by Gasteiger charge is -2.23. The number of methoxy groups -OCH3 is 1. The van der Waals surface area contributed by atoms with Gasteiger partial charge in [-0.15, -0.1) is 0 Å². The average molecular weight is 436 g/mol. The van der Waals surface area contributed by atoms with Gasteiger partial charge in [-0.2, -0.15) is 0 Å². The Morgan fingerprint density at radius 1 is 0.875 bits per heavy atom. The van der Waals surface area contributed by atoms with E-state index >= 15 is 0 Å². The first-order valence-corrected chi connectivity index (χ1v) is 9.57. The SMILES string of the molecule is CO[C@]1(C)Oc2cc(/C=C/c3ccc(O)c(O)c3)oc(=O)c2C1=Cc1ccc(O)c(O)c1. The third kappa shape index (κ3) is 3.79. The van der Waals surface area contributed by atoms with Crippen molar-refractivity contribution < 1.29 is 34.3 Å². The van der Waals surface area contributed by atoms with Gasteiger partial charge < -0.3 is 34.3 Å². The Balaban J connectivity index is 1.75. The highest BCUT2D eigenvalue weighted by Crippen LogP contribution is 2.44. The van der Waals surface area contributed by atoms with Crippen molar-refractivity contribution >= 4 is 23.8 Å². The molecule has 32 heavy (non-hydrogen) atoms. The normalized spacial score (nSPS) is 18.8. The summed E-state index contributed by atoms with van der Waals surface area (Å²) in [6, 6.07) is 10.1. The van der Waals surface area contributed by atoms with Crippen molar-refractivity contribution in [1.29, 1.82) is 0 Å². The molecule has 2 aromatic carbocycles. The maximum atomic E-state index is 12.8. The van der Waals surface area contributed by atoms with Crippen molar-refractivity contribution in [1.82, 2.24) is 0 Å². The van der Waals surface area contributed by atoms with E-state index in [2.05, 4.69) is 0 Å². The first-order chi connectivity index (χ1) is 15.2. The van der Waals surface area contributed by atoms with E-state index in [4.69, 9.17) is 13.9 Å². The Morgan fingerprint density at radius 2 is 1.50 bits per heavy atom. The summed E-state index contributed by atoms with van der Waals surface area (Å²) in [4.78, 5) is 12.8. The van der Waals surface area contributed by atoms with E-state index in [9.17, 15) is 25.2 Å². The van der Waals surface area contributed by atoms with Crippen LogP contribution in [0.1, 0.15) is 29.4 Å². The van der Waals surface area contributed by atoms with Gasteiger partial charge >= 0.3 is 5.63 Å². The van der Waals surface area contributed by atoms with Gasteiger partial charge in [-0.05, 0) is 47.5 Å². The van der Waals surface area contributed by atoms with Crippen LogP contribution in [0, 0.1) is 0 Å². The third-order valence-corrected chi connectivity index (χ3v) is 5.14. The molecule has 8 nitrogen and oxygen atoms in total. The summed E-state index contributed by atoms with van der Waals surface area (Å²) in [5.74, 6) is -1.88. The molecule has 0 unspecified atom stereocenters. The van der Waals surface area contributed by atoms with Crippen LogP contribution >= 0.6 is 0 Å². The van der Waals surface area contributed by atoms with Crippen LogP contribution in [0.2, 0.25) is 0 Å². The summed E-state index contributed by atoms with van der Waals surface area (Å²) in [5, 5.41) is 38.3. The summed E-state index contributed by atoms with van der Waals surface area (Å²) in [6.45, 7) is 1.65. The monoisotopic (exact) mass is 436 g/mol. The van der Waals surface area contributed by atoms with Crippen LogP contribution in [0.4, 0.5) is 0 Å². The first kappa shape index (κ1) is 21.1. The van der Waals surface area contributed by atoms with Gasteiger partial charge in [0.25, 0.3) is 0 Å². The van der Waals surface area contributed by atoms with Crippen molar-refractivity contribution in [3.63, 3.8) is 0 Å². The highest BCUT2D eigenvalue weighted by Gasteiger charge is 2.43. The molecule has 3 aromatic rings. The molecule has 164 valence electrons. The van der Waals surface area contributed by atoms with Crippen LogP contribution in [-0.4, -0.2) is 33.3 Å². The highest BCUT2D eigenvalue weighted by molar-refractivity contribution is 5.90. The number of phenols is 4. The van der Waals surface area contributed by atoms with Crippen molar-refractivity contribution in [3.05, 3.63) is 75.3 Å². The standard InChI is InChI=1S/C24H20O8/c1-24(30-2)16(9-14-5-8-18(26)20(28)11-14)22-21(32-24)12-15(31-23(22)29)6-3-13-4-7-17(25)19(27)10-13/h3-12,25-28H,1-2H3/b6-3+,16-9?/t24-/m1/s1. The molecule has 0 amide bonds. The fourth-order valence-electron chi connectivity index (χ4n) is 3.36. The van der Waals surface area contributed by atoms with Crippen LogP contribution in [0.15, 0.2) is 51.7 Å². The van der Waals surface area contributed by atoms with Crippen LogP contribution in [0.3, 0.4) is 0 Å². The topological polar surface area (TPSA) is 130 Å². The van der Waals surface area contributed by atoms with Gasteiger partial charge in [0.05, 0.1) is 0 Å². The summed E-state index contributed by atoms with van der Waals surface area (Å²) in [5.41, 5.74) is 1.03. The average Bonchev–Trinajstić information content (AvgIpc) is 3.04. The van der Waals surface area contributed by atoms with Gasteiger partial charge in [0.2, 0.25) is 5.79 Å². The van der Waals surface area contributed by atoms with Crippen molar-refractivity contribution in [2.45, 2.75) is 12.7 Å². The van der Waals surface area contributed by atoms with Gasteiger partial charge in [-0.1, -0.05) is 18.2 Å². The van der Waals surface area contributed by atoms with Gasteiger partial charge in [0.15, 0.2) is 23.0 Å². The molecule has 4 rings (SSSR count). The van der Waals surface area contributed by atoms with Crippen molar-refractivity contribution in [2.24, 2.45) is 0 Å². The van der Waals surface area contributed by atoms with E-state index in [1.807, 2.05) is 0 Å². The number of benzene rings is 2. The molecule has 0 spiro atoms. The molecule has 1 aliphatic heterocycles. The number of rotatable bonds is 4. The minimum absolute atomic E-state index is 0.182. The Hall–Kier alpha value is -4.17. The zero-order valence-corrected chi connectivity index (χ0v) is 17.2. The molecule has 0 saturated carbocycles. The van der Waals surface area contributed by atoms with Gasteiger partial charge in [0, 0.05) is 25.7 Å². The van der Waals surface area contributed by atoms with E-state index < -0.39 is 11.4 Å². The number of hydrogen-bond acceptors (Lipinski definition) is 8. The van der Waals surface area contributed by atoms with E-state index in [1.54, 1.807) is 37.3 Å². The predicted octanol–water partition coefficient (Wildman–Crippen LogP) is 3.93. The number of phenolic OH excluding ortho intramolecular Hbond substituents is 4. The largest absolute Gasteiger partial charge is 0.504 e. The molecule has 1 aromatic heterocycles. The van der Waals surface area contributed by atoms with E-state index in [-0.39, 0.29) is 40.1 Å². The molecule has 0 bridgehead atoms. The fourth-order valence-corrected chi connectivity index (χ4v) is 3.36. The third-order valence-electron chi connectivity index (χ3n) is 5.14. The molecule has 4 N–H and O–H groups in total. The molecule has 1 atom stereocenters. The van der Waals surface area contributed by atoms with E-state index in [0.717, 1.165) is 0 Å². The number of aromatic hydroxyl groups is 4. The van der Waals surface area contributed by atoms with Gasteiger partial charge in [-0.25, -0.2) is 4.79 Å². The van der Waals surface area contributed by atoms with Crippen LogP contribution in [0.25, 0.3) is 23.8 Å². The summed E-state index contributed by atoms with van der Waals surface area (Å²) < 4.78 is 16.9. The second-order valence-electron chi connectivity index (χ2n) is 7.32. The quantitative estimate of drug-likeness (QED) is 0.453. The van der Waals surface area contributed by atoms with Crippen molar-refractivity contribution in [2.75, 3.05) is 7.11 Å². The summed E-state index contributed by atoms with van der Waals surface area (Å²) >= 11 is 0. The number of ether oxygens (including phenoxy) is 2. The molecule has 0 saturated heterocycles. The second kappa shape index (κ2) is 7.82. The molecule has 1 aliphatic rings. The Morgan fingerprint density at radius 3 is 2.12 bits per heavy atom. The molecule has 0 aliphatic carbocycles. The zero-order valence-electron chi connectivity index (χ0n) is 17.2. The second-order valence-corrected chi connectivity index (χ2v) is 7.32. The maximum absolute atomic E-state index is 12.8. The minimum atomic E-state index is -1.28. The van der Waals surface area contributed by atoms with E-state index in [1.165, 1.54) is 37.5 Å². The molecule has 0 fully saturated rings. The lowest BCUT2D eigenvalue weighted by Crippen LogP contribution is -2.31. The number of fused-ring (bicyclic) bond motifs is 1. The molecule has 0 radical (unpaired) electrons. The van der Waals surface area contributed by atoms with Crippen molar-refractivity contribution in [3.8, 4) is 28.7 Å². The van der Waals surface area contributed by atoms with Crippen LogP contribution in [-0.2, 0) is 4.74 Å². The predicted molar refractivity (Wildman–Crippen MR) is 117 cm³/mol. The minimum Gasteiger partial charge on any atom is -0.504 e. The zero-order chi connectivity index (χ0) is 23.0. The smallest absolute Gasteiger partial charge is 0.347 e. The lowest BCUT2D eigenvalue weighted by atomic mass is 9.99.